The number of amides is 2. The molecule has 0 aliphatic heterocycles. The summed E-state index contributed by atoms with van der Waals surface area (Å²) in [4.78, 5) is 24.3. The predicted molar refractivity (Wildman–Crippen MR) is 95.2 cm³/mol. The van der Waals surface area contributed by atoms with E-state index in [1.54, 1.807) is 0 Å². The number of rotatable bonds is 7. The van der Waals surface area contributed by atoms with Crippen molar-refractivity contribution < 1.29 is 9.59 Å². The summed E-state index contributed by atoms with van der Waals surface area (Å²) in [5, 5.41) is 6.31. The topological polar surface area (TPSA) is 58.2 Å². The third kappa shape index (κ3) is 4.96. The highest BCUT2D eigenvalue weighted by molar-refractivity contribution is 5.77. The van der Waals surface area contributed by atoms with Crippen molar-refractivity contribution in [1.29, 1.82) is 0 Å². The van der Waals surface area contributed by atoms with E-state index >= 15 is 0 Å². The molecule has 24 heavy (non-hydrogen) atoms. The van der Waals surface area contributed by atoms with Crippen molar-refractivity contribution in [3.63, 3.8) is 0 Å². The number of hydrogen-bond donors (Lipinski definition) is 2. The van der Waals surface area contributed by atoms with Crippen LogP contribution in [-0.2, 0) is 9.59 Å². The molecule has 0 aromatic carbocycles. The Bertz CT molecular complexity index is 512. The zero-order chi connectivity index (χ0) is 16.8. The fourth-order valence-corrected chi connectivity index (χ4v) is 4.26. The van der Waals surface area contributed by atoms with Gasteiger partial charge in [-0.25, -0.2) is 0 Å². The van der Waals surface area contributed by atoms with E-state index in [2.05, 4.69) is 34.9 Å². The van der Waals surface area contributed by atoms with Gasteiger partial charge in [-0.15, -0.1) is 0 Å². The molecule has 3 aliphatic rings. The standard InChI is InChI=1S/C20H30N2O2/c23-19(12-15-6-1-2-7-15)21-14-17-10-5-11-18(17)22-20(24)13-16-8-3-4-9-16/h1,3,6,8,15-18H,2,4-5,7,9-14H2,(H,21,23)(H,22,24)/t15-,16-,17+,18+/m1/s1. The Morgan fingerprint density at radius 3 is 2.17 bits per heavy atom. The molecule has 0 heterocycles. The van der Waals surface area contributed by atoms with Crippen molar-refractivity contribution >= 4 is 11.8 Å². The first kappa shape index (κ1) is 17.2. The van der Waals surface area contributed by atoms with E-state index in [0.29, 0.717) is 37.1 Å². The van der Waals surface area contributed by atoms with Gasteiger partial charge in [-0.2, -0.15) is 0 Å². The quantitative estimate of drug-likeness (QED) is 0.705. The monoisotopic (exact) mass is 330 g/mol. The summed E-state index contributed by atoms with van der Waals surface area (Å²) < 4.78 is 0. The van der Waals surface area contributed by atoms with Gasteiger partial charge in [0.15, 0.2) is 0 Å². The second-order valence-electron chi connectivity index (χ2n) is 7.61. The van der Waals surface area contributed by atoms with Crippen molar-refractivity contribution in [3.05, 3.63) is 24.3 Å². The maximum absolute atomic E-state index is 12.2. The van der Waals surface area contributed by atoms with Crippen LogP contribution in [0.3, 0.4) is 0 Å². The molecule has 1 saturated carbocycles. The van der Waals surface area contributed by atoms with Crippen LogP contribution in [0.5, 0.6) is 0 Å². The van der Waals surface area contributed by atoms with Crippen molar-refractivity contribution in [2.45, 2.75) is 63.8 Å². The molecule has 3 rings (SSSR count). The molecule has 3 aliphatic carbocycles. The van der Waals surface area contributed by atoms with Crippen molar-refractivity contribution in [1.82, 2.24) is 10.6 Å². The fourth-order valence-electron chi connectivity index (χ4n) is 4.26. The molecular formula is C20H30N2O2. The molecule has 0 unspecified atom stereocenters. The third-order valence-corrected chi connectivity index (χ3v) is 5.69. The van der Waals surface area contributed by atoms with Gasteiger partial charge in [0, 0.05) is 25.4 Å². The number of nitrogens with one attached hydrogen (secondary N) is 2. The van der Waals surface area contributed by atoms with Gasteiger partial charge in [-0.3, -0.25) is 9.59 Å². The number of carbonyl (C=O) groups is 2. The van der Waals surface area contributed by atoms with E-state index < -0.39 is 0 Å². The van der Waals surface area contributed by atoms with E-state index in [1.165, 1.54) is 0 Å². The average Bonchev–Trinajstić information content (AvgIpc) is 3.28. The van der Waals surface area contributed by atoms with Crippen molar-refractivity contribution in [2.75, 3.05) is 6.54 Å². The molecule has 0 aromatic rings. The molecule has 0 radical (unpaired) electrons. The molecule has 0 spiro atoms. The lowest BCUT2D eigenvalue weighted by Crippen LogP contribution is -2.42. The Hall–Kier alpha value is -1.58. The summed E-state index contributed by atoms with van der Waals surface area (Å²) in [7, 11) is 0. The zero-order valence-corrected chi connectivity index (χ0v) is 14.5. The minimum absolute atomic E-state index is 0.152. The van der Waals surface area contributed by atoms with Gasteiger partial charge in [0.2, 0.25) is 11.8 Å². The summed E-state index contributed by atoms with van der Waals surface area (Å²) in [6.45, 7) is 0.698. The largest absolute Gasteiger partial charge is 0.356 e. The Labute approximate surface area is 145 Å². The highest BCUT2D eigenvalue weighted by atomic mass is 16.2. The Kier molecular flexibility index (Phi) is 6.11. The molecule has 4 atom stereocenters. The first-order valence-electron chi connectivity index (χ1n) is 9.60. The number of hydrogen-bond acceptors (Lipinski definition) is 2. The van der Waals surface area contributed by atoms with Crippen LogP contribution in [0.1, 0.15) is 57.8 Å². The smallest absolute Gasteiger partial charge is 0.220 e. The molecule has 2 N–H and O–H groups in total. The molecule has 1 fully saturated rings. The number of allylic oxidation sites excluding steroid dienone is 4. The van der Waals surface area contributed by atoms with Gasteiger partial charge in [0.05, 0.1) is 0 Å². The van der Waals surface area contributed by atoms with Crippen LogP contribution in [-0.4, -0.2) is 24.4 Å². The minimum Gasteiger partial charge on any atom is -0.356 e. The first-order valence-corrected chi connectivity index (χ1v) is 9.60. The Morgan fingerprint density at radius 1 is 0.875 bits per heavy atom. The predicted octanol–water partition coefficient (Wildman–Crippen LogP) is 3.10. The molecular weight excluding hydrogens is 300 g/mol. The summed E-state index contributed by atoms with van der Waals surface area (Å²) >= 11 is 0. The van der Waals surface area contributed by atoms with Crippen LogP contribution in [0.15, 0.2) is 24.3 Å². The van der Waals surface area contributed by atoms with E-state index in [1.807, 2.05) is 0 Å². The normalized spacial score (nSPS) is 31.5. The van der Waals surface area contributed by atoms with Crippen LogP contribution in [0.4, 0.5) is 0 Å². The SMILES string of the molecule is O=C(C[C@@H]1C=CCC1)NC[C@@H]1CCC[C@@H]1NC(=O)C[C@@H]1C=CCC1. The van der Waals surface area contributed by atoms with E-state index in [9.17, 15) is 9.59 Å². The summed E-state index contributed by atoms with van der Waals surface area (Å²) in [5.41, 5.74) is 0. The highest BCUT2D eigenvalue weighted by Crippen LogP contribution is 2.26. The molecule has 0 saturated heterocycles. The summed E-state index contributed by atoms with van der Waals surface area (Å²) in [6, 6.07) is 0.231. The summed E-state index contributed by atoms with van der Waals surface area (Å²) in [6.07, 6.45) is 17.6. The highest BCUT2D eigenvalue weighted by Gasteiger charge is 2.29. The fraction of sp³-hybridized carbons (Fsp3) is 0.700. The first-order chi connectivity index (χ1) is 11.7. The van der Waals surface area contributed by atoms with Gasteiger partial charge < -0.3 is 10.6 Å². The van der Waals surface area contributed by atoms with Crippen molar-refractivity contribution in [2.24, 2.45) is 17.8 Å². The lowest BCUT2D eigenvalue weighted by atomic mass is 10.0. The van der Waals surface area contributed by atoms with Crippen molar-refractivity contribution in [3.8, 4) is 0 Å². The lowest BCUT2D eigenvalue weighted by molar-refractivity contribution is -0.122. The maximum atomic E-state index is 12.2. The van der Waals surface area contributed by atoms with Gasteiger partial charge >= 0.3 is 0 Å². The lowest BCUT2D eigenvalue weighted by Gasteiger charge is -2.22. The van der Waals surface area contributed by atoms with Gasteiger partial charge in [-0.05, 0) is 56.3 Å². The zero-order valence-electron chi connectivity index (χ0n) is 14.5. The minimum atomic E-state index is 0.152. The third-order valence-electron chi connectivity index (χ3n) is 5.69. The molecule has 0 aromatic heterocycles. The molecule has 132 valence electrons. The van der Waals surface area contributed by atoms with Gasteiger partial charge in [0.1, 0.15) is 0 Å². The van der Waals surface area contributed by atoms with Crippen LogP contribution < -0.4 is 10.6 Å². The van der Waals surface area contributed by atoms with E-state index in [0.717, 1.165) is 44.9 Å². The Morgan fingerprint density at radius 2 is 1.54 bits per heavy atom. The summed E-state index contributed by atoms with van der Waals surface area (Å²) in [5.74, 6) is 1.55. The van der Waals surface area contributed by atoms with E-state index in [-0.39, 0.29) is 17.9 Å². The van der Waals surface area contributed by atoms with Gasteiger partial charge in [0.25, 0.3) is 0 Å². The number of carbonyl (C=O) groups excluding carboxylic acids is 2. The molecule has 2 amide bonds. The molecule has 4 nitrogen and oxygen atoms in total. The van der Waals surface area contributed by atoms with Gasteiger partial charge in [-0.1, -0.05) is 30.7 Å². The van der Waals surface area contributed by atoms with Crippen LogP contribution in [0, 0.1) is 17.8 Å². The molecule has 0 bridgehead atoms. The van der Waals surface area contributed by atoms with E-state index in [4.69, 9.17) is 0 Å². The van der Waals surface area contributed by atoms with Crippen LogP contribution in [0.2, 0.25) is 0 Å². The maximum Gasteiger partial charge on any atom is 0.220 e. The molecule has 4 heteroatoms. The second kappa shape index (κ2) is 8.50. The van der Waals surface area contributed by atoms with Crippen LogP contribution >= 0.6 is 0 Å². The average molecular weight is 330 g/mol. The second-order valence-corrected chi connectivity index (χ2v) is 7.61. The van der Waals surface area contributed by atoms with Crippen LogP contribution in [0.25, 0.3) is 0 Å². The Balaban J connectivity index is 1.38.